The van der Waals surface area contributed by atoms with Crippen molar-refractivity contribution in [3.8, 4) is 5.75 Å². The number of hydrogen-bond acceptors (Lipinski definition) is 5. The molecule has 2 aliphatic heterocycles. The van der Waals surface area contributed by atoms with Crippen molar-refractivity contribution >= 4 is 23.5 Å². The van der Waals surface area contributed by atoms with Gasteiger partial charge in [-0.25, -0.2) is 14.0 Å². The summed E-state index contributed by atoms with van der Waals surface area (Å²) in [6, 6.07) is 3.66. The number of benzene rings is 2. The lowest BCUT2D eigenvalue weighted by Gasteiger charge is -2.31. The molecule has 15 heteroatoms. The fraction of sp³-hybridized carbons (Fsp3) is 0.462. The van der Waals surface area contributed by atoms with Gasteiger partial charge >= 0.3 is 24.5 Å². The van der Waals surface area contributed by atoms with Crippen molar-refractivity contribution < 1.29 is 49.8 Å². The minimum Gasteiger partial charge on any atom is -0.407 e. The lowest BCUT2D eigenvalue weighted by atomic mass is 10.1. The Hall–Kier alpha value is -3.59. The van der Waals surface area contributed by atoms with Gasteiger partial charge in [-0.2, -0.15) is 26.3 Å². The Kier molecular flexibility index (Phi) is 8.68. The fourth-order valence-corrected chi connectivity index (χ4v) is 4.58. The molecule has 1 atom stereocenters. The highest BCUT2D eigenvalue weighted by atomic mass is 19.4. The quantitative estimate of drug-likeness (QED) is 0.417. The van der Waals surface area contributed by atoms with Crippen molar-refractivity contribution in [2.24, 2.45) is 0 Å². The van der Waals surface area contributed by atoms with Crippen LogP contribution in [-0.2, 0) is 17.1 Å². The third kappa shape index (κ3) is 7.01. The number of ether oxygens (including phenoxy) is 2. The number of halogens is 7. The first-order valence-corrected chi connectivity index (χ1v) is 12.5. The molecule has 0 spiro atoms. The molecule has 3 amide bonds. The molecule has 0 radical (unpaired) electrons. The number of hydrogen-bond donors (Lipinski definition) is 0. The van der Waals surface area contributed by atoms with Crippen LogP contribution in [0.25, 0.3) is 0 Å². The van der Waals surface area contributed by atoms with E-state index in [4.69, 9.17) is 9.47 Å². The van der Waals surface area contributed by atoms with E-state index in [9.17, 15) is 40.3 Å². The molecule has 4 rings (SSSR count). The molecule has 2 aromatic carbocycles. The van der Waals surface area contributed by atoms with E-state index in [0.717, 1.165) is 47.7 Å². The van der Waals surface area contributed by atoms with Gasteiger partial charge < -0.3 is 19.3 Å². The molecule has 0 bridgehead atoms. The van der Waals surface area contributed by atoms with Crippen LogP contribution in [0.1, 0.15) is 17.5 Å². The van der Waals surface area contributed by atoms with E-state index in [1.165, 1.54) is 4.90 Å². The van der Waals surface area contributed by atoms with Crippen molar-refractivity contribution in [1.82, 2.24) is 9.80 Å². The van der Waals surface area contributed by atoms with Crippen LogP contribution in [0.15, 0.2) is 36.4 Å². The second-order valence-corrected chi connectivity index (χ2v) is 9.74. The topological polar surface area (TPSA) is 65.6 Å². The number of morpholine rings is 1. The van der Waals surface area contributed by atoms with Gasteiger partial charge in [0.05, 0.1) is 24.0 Å². The average Bonchev–Trinajstić information content (AvgIpc) is 3.26. The number of alkyl halides is 6. The number of anilines is 2. The van der Waals surface area contributed by atoms with Crippen molar-refractivity contribution in [3.63, 3.8) is 0 Å². The third-order valence-corrected chi connectivity index (χ3v) is 6.83. The van der Waals surface area contributed by atoms with E-state index in [-0.39, 0.29) is 37.5 Å². The molecule has 2 aromatic rings. The number of carbonyl (C=O) groups is 2. The van der Waals surface area contributed by atoms with Crippen molar-refractivity contribution in [1.29, 1.82) is 0 Å². The largest absolute Gasteiger partial charge is 0.420 e. The molecule has 2 fully saturated rings. The summed E-state index contributed by atoms with van der Waals surface area (Å²) in [5, 5.41) is 0. The summed E-state index contributed by atoms with van der Waals surface area (Å²) in [6.07, 6.45) is -11.8. The summed E-state index contributed by atoms with van der Waals surface area (Å²) >= 11 is 0. The Bertz CT molecular complexity index is 1270. The van der Waals surface area contributed by atoms with Crippen LogP contribution in [0.5, 0.6) is 5.75 Å². The Balaban J connectivity index is 1.67. The van der Waals surface area contributed by atoms with Crippen LogP contribution in [-0.4, -0.2) is 81.5 Å². The smallest absolute Gasteiger partial charge is 0.407 e. The zero-order chi connectivity index (χ0) is 30.1. The summed E-state index contributed by atoms with van der Waals surface area (Å²) in [5.74, 6) is -1.89. The Labute approximate surface area is 230 Å². The lowest BCUT2D eigenvalue weighted by Crippen LogP contribution is -2.42. The first-order chi connectivity index (χ1) is 19.1. The van der Waals surface area contributed by atoms with Crippen LogP contribution in [0.4, 0.5) is 51.7 Å². The molecule has 2 saturated heterocycles. The highest BCUT2D eigenvalue weighted by molar-refractivity contribution is 5.97. The second-order valence-electron chi connectivity index (χ2n) is 9.74. The molecule has 2 heterocycles. The predicted octanol–water partition coefficient (Wildman–Crippen LogP) is 5.46. The Morgan fingerprint density at radius 2 is 1.73 bits per heavy atom. The number of urea groups is 1. The number of amides is 3. The van der Waals surface area contributed by atoms with E-state index in [1.807, 2.05) is 11.9 Å². The van der Waals surface area contributed by atoms with Gasteiger partial charge in [0.2, 0.25) is 0 Å². The standard InChI is InChI=1S/C26H27F7N4O4/c1-34-11-12-40-19(15-34)7-8-36-9-10-37(23(36)38)21-14-16(25(28,29)30)13-20(26(31,32)33)22(21)41-24(39)35(2)18-5-3-17(27)4-6-18/h3-6,13-14,19H,7-12,15H2,1-2H3. The Morgan fingerprint density at radius 1 is 1.05 bits per heavy atom. The first-order valence-electron chi connectivity index (χ1n) is 12.5. The summed E-state index contributed by atoms with van der Waals surface area (Å²) in [5.41, 5.74) is -4.36. The lowest BCUT2D eigenvalue weighted by molar-refractivity contribution is -0.143. The number of carbonyl (C=O) groups excluding carboxylic acids is 2. The maximum Gasteiger partial charge on any atom is 0.420 e. The highest BCUT2D eigenvalue weighted by Gasteiger charge is 2.44. The van der Waals surface area contributed by atoms with Crippen molar-refractivity contribution in [2.45, 2.75) is 24.9 Å². The van der Waals surface area contributed by atoms with E-state index in [0.29, 0.717) is 25.6 Å². The minimum absolute atomic E-state index is 0.0157. The molecule has 0 saturated carbocycles. The van der Waals surface area contributed by atoms with E-state index >= 15 is 0 Å². The molecular weight excluding hydrogens is 565 g/mol. The first kappa shape index (κ1) is 30.4. The molecule has 0 aromatic heterocycles. The van der Waals surface area contributed by atoms with Gasteiger partial charge in [-0.1, -0.05) is 0 Å². The maximum atomic E-state index is 14.1. The summed E-state index contributed by atoms with van der Waals surface area (Å²) in [4.78, 5) is 30.9. The van der Waals surface area contributed by atoms with Crippen molar-refractivity contribution in [3.05, 3.63) is 53.3 Å². The number of nitrogens with zero attached hydrogens (tertiary/aromatic N) is 4. The molecule has 0 aliphatic carbocycles. The molecule has 0 N–H and O–H groups in total. The Morgan fingerprint density at radius 3 is 2.34 bits per heavy atom. The van der Waals surface area contributed by atoms with Crippen LogP contribution >= 0.6 is 0 Å². The molecule has 224 valence electrons. The fourth-order valence-electron chi connectivity index (χ4n) is 4.58. The maximum absolute atomic E-state index is 14.1. The van der Waals surface area contributed by atoms with Gasteiger partial charge in [0.15, 0.2) is 5.75 Å². The van der Waals surface area contributed by atoms with Crippen LogP contribution in [0.2, 0.25) is 0 Å². The summed E-state index contributed by atoms with van der Waals surface area (Å²) in [6.45, 7) is 1.76. The van der Waals surface area contributed by atoms with E-state index in [2.05, 4.69) is 0 Å². The molecular formula is C26H27F7N4O4. The molecule has 1 unspecified atom stereocenters. The second kappa shape index (κ2) is 11.7. The number of rotatable bonds is 6. The predicted molar refractivity (Wildman–Crippen MR) is 133 cm³/mol. The van der Waals surface area contributed by atoms with Gasteiger partial charge in [-0.3, -0.25) is 9.80 Å². The third-order valence-electron chi connectivity index (χ3n) is 6.83. The SMILES string of the molecule is CN1CCOC(CCN2CCN(c3cc(C(F)(F)F)cc(C(F)(F)F)c3OC(=O)N(C)c3ccc(F)cc3)C2=O)C1. The van der Waals surface area contributed by atoms with Gasteiger partial charge in [0, 0.05) is 45.5 Å². The van der Waals surface area contributed by atoms with E-state index < -0.39 is 52.9 Å². The molecule has 41 heavy (non-hydrogen) atoms. The highest BCUT2D eigenvalue weighted by Crippen LogP contribution is 2.47. The minimum atomic E-state index is -5.38. The zero-order valence-electron chi connectivity index (χ0n) is 22.1. The normalized spacial score (nSPS) is 18.7. The van der Waals surface area contributed by atoms with Crippen LogP contribution in [0, 0.1) is 5.82 Å². The van der Waals surface area contributed by atoms with Gasteiger partial charge in [-0.05, 0) is 49.9 Å². The number of likely N-dealkylation sites (N-methyl/N-ethyl adjacent to an activating group) is 1. The molecule has 2 aliphatic rings. The van der Waals surface area contributed by atoms with Gasteiger partial charge in [0.25, 0.3) is 0 Å². The summed E-state index contributed by atoms with van der Waals surface area (Å²) < 4.78 is 107. The van der Waals surface area contributed by atoms with Gasteiger partial charge in [-0.15, -0.1) is 0 Å². The monoisotopic (exact) mass is 592 g/mol. The van der Waals surface area contributed by atoms with E-state index in [1.54, 1.807) is 0 Å². The zero-order valence-corrected chi connectivity index (χ0v) is 22.1. The van der Waals surface area contributed by atoms with Gasteiger partial charge in [0.1, 0.15) is 11.4 Å². The average molecular weight is 593 g/mol. The summed E-state index contributed by atoms with van der Waals surface area (Å²) in [7, 11) is 3.03. The van der Waals surface area contributed by atoms with Crippen LogP contribution < -0.4 is 14.5 Å². The van der Waals surface area contributed by atoms with Crippen LogP contribution in [0.3, 0.4) is 0 Å². The molecule has 8 nitrogen and oxygen atoms in total. The van der Waals surface area contributed by atoms with Crippen molar-refractivity contribution in [2.75, 3.05) is 63.2 Å².